The van der Waals surface area contributed by atoms with E-state index in [0.717, 1.165) is 6.42 Å². The van der Waals surface area contributed by atoms with Crippen molar-refractivity contribution in [3.63, 3.8) is 0 Å². The van der Waals surface area contributed by atoms with E-state index in [0.29, 0.717) is 22.9 Å². The Hall–Kier alpha value is -1.24. The lowest BCUT2D eigenvalue weighted by molar-refractivity contribution is -0.119. The van der Waals surface area contributed by atoms with E-state index in [1.807, 2.05) is 0 Å². The van der Waals surface area contributed by atoms with Gasteiger partial charge in [0.1, 0.15) is 0 Å². The highest BCUT2D eigenvalue weighted by molar-refractivity contribution is 7.99. The number of rotatable bonds is 4. The van der Waals surface area contributed by atoms with Crippen LogP contribution in [0.25, 0.3) is 0 Å². The molecule has 1 fully saturated rings. The first-order chi connectivity index (χ1) is 8.65. The lowest BCUT2D eigenvalue weighted by atomic mass is 9.86. The molecule has 1 heterocycles. The number of carbonyl (C=O) groups is 1. The summed E-state index contributed by atoms with van der Waals surface area (Å²) in [7, 11) is 0. The number of thioether (sulfide) groups is 1. The molecule has 0 bridgehead atoms. The standard InChI is InChI=1S/C11H19N5OS/c1-7-4-2-3-5-8(7)13-9(17)6-18-11-14-10(12)15-16-11/h7-8H,2-6H2,1H3,(H,13,17)(H3,12,14,15,16)/t7-,8-/m0/s1. The van der Waals surface area contributed by atoms with E-state index in [1.54, 1.807) is 0 Å². The number of nitrogens with zero attached hydrogens (tertiary/aromatic N) is 2. The predicted octanol–water partition coefficient (Wildman–Crippen LogP) is 1.17. The Kier molecular flexibility index (Phi) is 4.46. The molecular formula is C11H19N5OS. The molecule has 6 nitrogen and oxygen atoms in total. The average Bonchev–Trinajstić information content (AvgIpc) is 2.76. The van der Waals surface area contributed by atoms with Crippen LogP contribution < -0.4 is 11.1 Å². The summed E-state index contributed by atoms with van der Waals surface area (Å²) >= 11 is 1.29. The molecule has 100 valence electrons. The lowest BCUT2D eigenvalue weighted by Crippen LogP contribution is -2.41. The molecule has 18 heavy (non-hydrogen) atoms. The molecule has 0 spiro atoms. The smallest absolute Gasteiger partial charge is 0.230 e. The van der Waals surface area contributed by atoms with Gasteiger partial charge in [-0.25, -0.2) is 5.10 Å². The first-order valence-electron chi connectivity index (χ1n) is 6.25. The molecule has 2 rings (SSSR count). The lowest BCUT2D eigenvalue weighted by Gasteiger charge is -2.29. The highest BCUT2D eigenvalue weighted by atomic mass is 32.2. The molecule has 0 unspecified atom stereocenters. The molecule has 1 aliphatic carbocycles. The van der Waals surface area contributed by atoms with Gasteiger partial charge >= 0.3 is 0 Å². The largest absolute Gasteiger partial charge is 0.368 e. The summed E-state index contributed by atoms with van der Waals surface area (Å²) in [4.78, 5) is 15.7. The van der Waals surface area contributed by atoms with Crippen LogP contribution >= 0.6 is 11.8 Å². The Morgan fingerprint density at radius 3 is 3.00 bits per heavy atom. The molecule has 0 aromatic carbocycles. The van der Waals surface area contributed by atoms with Gasteiger partial charge in [-0.3, -0.25) is 4.79 Å². The van der Waals surface area contributed by atoms with Crippen LogP contribution in [0.4, 0.5) is 5.95 Å². The molecule has 0 aliphatic heterocycles. The molecule has 1 aromatic rings. The molecule has 2 atom stereocenters. The van der Waals surface area contributed by atoms with Crippen molar-refractivity contribution < 1.29 is 4.79 Å². The predicted molar refractivity (Wildman–Crippen MR) is 71.1 cm³/mol. The minimum atomic E-state index is 0.0436. The van der Waals surface area contributed by atoms with Gasteiger partial charge in [-0.05, 0) is 18.8 Å². The van der Waals surface area contributed by atoms with E-state index in [1.165, 1.54) is 31.0 Å². The van der Waals surface area contributed by atoms with Crippen molar-refractivity contribution in [3.05, 3.63) is 0 Å². The van der Waals surface area contributed by atoms with E-state index in [9.17, 15) is 4.79 Å². The van der Waals surface area contributed by atoms with Crippen molar-refractivity contribution in [2.75, 3.05) is 11.5 Å². The molecule has 7 heteroatoms. The highest BCUT2D eigenvalue weighted by Gasteiger charge is 2.22. The molecule has 0 radical (unpaired) electrons. The third-order valence-corrected chi connectivity index (χ3v) is 4.12. The highest BCUT2D eigenvalue weighted by Crippen LogP contribution is 2.23. The number of hydrogen-bond donors (Lipinski definition) is 3. The van der Waals surface area contributed by atoms with Crippen LogP contribution in [0.5, 0.6) is 0 Å². The van der Waals surface area contributed by atoms with Gasteiger partial charge in [0.2, 0.25) is 17.0 Å². The van der Waals surface area contributed by atoms with Gasteiger partial charge in [-0.2, -0.15) is 4.98 Å². The average molecular weight is 269 g/mol. The Bertz CT molecular complexity index is 408. The van der Waals surface area contributed by atoms with Crippen molar-refractivity contribution in [3.8, 4) is 0 Å². The normalized spacial score (nSPS) is 23.8. The van der Waals surface area contributed by atoms with E-state index >= 15 is 0 Å². The third-order valence-electron chi connectivity index (χ3n) is 3.27. The number of aromatic amines is 1. The zero-order chi connectivity index (χ0) is 13.0. The van der Waals surface area contributed by atoms with Crippen LogP contribution in [0.1, 0.15) is 32.6 Å². The van der Waals surface area contributed by atoms with Crippen LogP contribution in [0, 0.1) is 5.92 Å². The van der Waals surface area contributed by atoms with Gasteiger partial charge in [-0.15, -0.1) is 5.10 Å². The van der Waals surface area contributed by atoms with Crippen LogP contribution in [0.2, 0.25) is 0 Å². The Balaban J connectivity index is 1.74. The number of aromatic nitrogens is 3. The monoisotopic (exact) mass is 269 g/mol. The van der Waals surface area contributed by atoms with Crippen LogP contribution in [0.3, 0.4) is 0 Å². The number of nitrogen functional groups attached to an aromatic ring is 1. The summed E-state index contributed by atoms with van der Waals surface area (Å²) in [6.07, 6.45) is 4.78. The quantitative estimate of drug-likeness (QED) is 0.713. The summed E-state index contributed by atoms with van der Waals surface area (Å²) in [5, 5.41) is 10.0. The fourth-order valence-electron chi connectivity index (χ4n) is 2.23. The van der Waals surface area contributed by atoms with Crippen molar-refractivity contribution in [2.45, 2.75) is 43.8 Å². The van der Waals surface area contributed by atoms with Gasteiger partial charge in [-0.1, -0.05) is 31.5 Å². The van der Waals surface area contributed by atoms with Gasteiger partial charge in [0.05, 0.1) is 5.75 Å². The van der Waals surface area contributed by atoms with Crippen LogP contribution in [-0.4, -0.2) is 32.9 Å². The van der Waals surface area contributed by atoms with Crippen molar-refractivity contribution >= 4 is 23.6 Å². The van der Waals surface area contributed by atoms with E-state index in [2.05, 4.69) is 27.4 Å². The maximum atomic E-state index is 11.8. The fraction of sp³-hybridized carbons (Fsp3) is 0.727. The van der Waals surface area contributed by atoms with Crippen molar-refractivity contribution in [1.82, 2.24) is 20.5 Å². The Morgan fingerprint density at radius 1 is 1.56 bits per heavy atom. The molecule has 4 N–H and O–H groups in total. The number of nitrogens with two attached hydrogens (primary N) is 1. The van der Waals surface area contributed by atoms with Gasteiger partial charge < -0.3 is 11.1 Å². The maximum absolute atomic E-state index is 11.8. The van der Waals surface area contributed by atoms with Gasteiger partial charge in [0, 0.05) is 6.04 Å². The second-order valence-corrected chi connectivity index (χ2v) is 5.67. The number of amides is 1. The van der Waals surface area contributed by atoms with Gasteiger partial charge in [0.25, 0.3) is 0 Å². The van der Waals surface area contributed by atoms with E-state index in [4.69, 9.17) is 5.73 Å². The minimum Gasteiger partial charge on any atom is -0.368 e. The summed E-state index contributed by atoms with van der Waals surface area (Å²) in [6.45, 7) is 2.20. The third kappa shape index (κ3) is 3.63. The van der Waals surface area contributed by atoms with Gasteiger partial charge in [0.15, 0.2) is 0 Å². The zero-order valence-electron chi connectivity index (χ0n) is 10.5. The number of hydrogen-bond acceptors (Lipinski definition) is 5. The maximum Gasteiger partial charge on any atom is 0.230 e. The van der Waals surface area contributed by atoms with Crippen LogP contribution in [0.15, 0.2) is 5.16 Å². The first-order valence-corrected chi connectivity index (χ1v) is 7.24. The Labute approximate surface area is 111 Å². The number of nitrogens with one attached hydrogen (secondary N) is 2. The molecule has 1 saturated carbocycles. The topological polar surface area (TPSA) is 96.7 Å². The second-order valence-electron chi connectivity index (χ2n) is 4.73. The van der Waals surface area contributed by atoms with Crippen molar-refractivity contribution in [2.24, 2.45) is 5.92 Å². The number of H-pyrrole nitrogens is 1. The summed E-state index contributed by atoms with van der Waals surface area (Å²) < 4.78 is 0. The molecule has 1 aromatic heterocycles. The van der Waals surface area contributed by atoms with E-state index < -0.39 is 0 Å². The first kappa shape index (κ1) is 13.2. The minimum absolute atomic E-state index is 0.0436. The SMILES string of the molecule is C[C@H]1CCCC[C@@H]1NC(=O)CSc1n[nH]c(N)n1. The summed E-state index contributed by atoms with van der Waals surface area (Å²) in [6, 6.07) is 0.323. The Morgan fingerprint density at radius 2 is 2.33 bits per heavy atom. The molecule has 0 saturated heterocycles. The molecular weight excluding hydrogens is 250 g/mol. The number of anilines is 1. The molecule has 1 aliphatic rings. The number of carbonyl (C=O) groups excluding carboxylic acids is 1. The fourth-order valence-corrected chi connectivity index (χ4v) is 2.85. The van der Waals surface area contributed by atoms with Crippen molar-refractivity contribution in [1.29, 1.82) is 0 Å². The summed E-state index contributed by atoms with van der Waals surface area (Å²) in [5.74, 6) is 1.23. The zero-order valence-corrected chi connectivity index (χ0v) is 11.3. The van der Waals surface area contributed by atoms with E-state index in [-0.39, 0.29) is 11.9 Å². The van der Waals surface area contributed by atoms with Crippen LogP contribution in [-0.2, 0) is 4.79 Å². The second kappa shape index (κ2) is 6.08. The molecule has 1 amide bonds. The summed E-state index contributed by atoms with van der Waals surface area (Å²) in [5.41, 5.74) is 5.41.